The summed E-state index contributed by atoms with van der Waals surface area (Å²) in [6.07, 6.45) is 3.48. The monoisotopic (exact) mass is 518 g/mol. The molecule has 3 N–H and O–H groups in total. The molecule has 1 aliphatic carbocycles. The van der Waals surface area contributed by atoms with Crippen LogP contribution in [-0.4, -0.2) is 40.7 Å². The van der Waals surface area contributed by atoms with E-state index in [9.17, 15) is 18.5 Å². The number of aromatic nitrogens is 2. The Morgan fingerprint density at radius 1 is 1.41 bits per heavy atom. The van der Waals surface area contributed by atoms with Crippen LogP contribution in [0.2, 0.25) is 0 Å². The van der Waals surface area contributed by atoms with Gasteiger partial charge >= 0.3 is 0 Å². The molecule has 1 saturated carbocycles. The third-order valence-electron chi connectivity index (χ3n) is 5.38. The molecule has 4 rings (SSSR count). The second kappa shape index (κ2) is 8.18. The second-order valence-electron chi connectivity index (χ2n) is 7.34. The van der Waals surface area contributed by atoms with Gasteiger partial charge in [-0.2, -0.15) is 9.57 Å². The number of hydrogen-bond acceptors (Lipinski definition) is 7. The number of pyridine rings is 1. The van der Waals surface area contributed by atoms with Crippen molar-refractivity contribution in [2.75, 3.05) is 7.11 Å². The van der Waals surface area contributed by atoms with Crippen LogP contribution in [0.4, 0.5) is 0 Å². The number of sulfonamides is 1. The van der Waals surface area contributed by atoms with Crippen LogP contribution in [0.25, 0.3) is 5.65 Å². The molecule has 0 atom stereocenters. The number of halogens is 1. The first-order chi connectivity index (χ1) is 15.3. The van der Waals surface area contributed by atoms with E-state index in [4.69, 9.17) is 10.6 Å². The number of amides is 1. The Bertz CT molecular complexity index is 1340. The zero-order valence-corrected chi connectivity index (χ0v) is 19.4. The fourth-order valence-corrected chi connectivity index (χ4v) is 5.88. The zero-order chi connectivity index (χ0) is 23.1. The van der Waals surface area contributed by atoms with Crippen LogP contribution in [0.5, 0.6) is 5.75 Å². The third-order valence-corrected chi connectivity index (χ3v) is 7.84. The average Bonchev–Trinajstić information content (AvgIpc) is 3.47. The highest BCUT2D eigenvalue weighted by molar-refractivity contribution is 9.10. The number of rotatable bonds is 7. The van der Waals surface area contributed by atoms with Crippen molar-refractivity contribution in [3.8, 4) is 11.8 Å². The summed E-state index contributed by atoms with van der Waals surface area (Å²) in [5.74, 6) is 5.25. The van der Waals surface area contributed by atoms with Crippen LogP contribution < -0.4 is 16.0 Å². The summed E-state index contributed by atoms with van der Waals surface area (Å²) in [7, 11) is -2.58. The van der Waals surface area contributed by atoms with E-state index in [2.05, 4.69) is 27.0 Å². The summed E-state index contributed by atoms with van der Waals surface area (Å²) in [4.78, 5) is 16.1. The predicted octanol–water partition coefficient (Wildman–Crippen LogP) is 1.96. The number of nitrogens with one attached hydrogen (secondary N) is 1. The van der Waals surface area contributed by atoms with Gasteiger partial charge in [-0.1, -0.05) is 12.1 Å². The molecule has 2 aromatic heterocycles. The highest BCUT2D eigenvalue weighted by Crippen LogP contribution is 2.45. The van der Waals surface area contributed by atoms with Gasteiger partial charge in [-0.15, -0.1) is 0 Å². The van der Waals surface area contributed by atoms with Crippen molar-refractivity contribution < 1.29 is 17.9 Å². The molecule has 0 aliphatic heterocycles. The quantitative estimate of drug-likeness (QED) is 0.276. The number of hydrogen-bond donors (Lipinski definition) is 2. The Morgan fingerprint density at radius 2 is 2.09 bits per heavy atom. The zero-order valence-electron chi connectivity index (χ0n) is 16.9. The molecule has 1 amide bonds. The Kier molecular flexibility index (Phi) is 5.68. The van der Waals surface area contributed by atoms with E-state index in [1.807, 2.05) is 5.43 Å². The number of nitrogens with two attached hydrogens (primary N) is 1. The van der Waals surface area contributed by atoms with Crippen molar-refractivity contribution in [2.24, 2.45) is 5.84 Å². The summed E-state index contributed by atoms with van der Waals surface area (Å²) < 4.78 is 35.6. The SMILES string of the molecule is COc1ccc(CN(C2(C#N)CC2)S(=O)(=O)c2cc(Br)c3ncc(C(=O)NN)n3c2)cc1. The number of methoxy groups -OCH3 is 1. The Morgan fingerprint density at radius 3 is 2.66 bits per heavy atom. The van der Waals surface area contributed by atoms with Crippen molar-refractivity contribution in [2.45, 2.75) is 29.8 Å². The number of imidazole rings is 1. The van der Waals surface area contributed by atoms with Gasteiger partial charge < -0.3 is 4.74 Å². The molecule has 0 unspecified atom stereocenters. The maximum absolute atomic E-state index is 13.7. The average molecular weight is 519 g/mol. The largest absolute Gasteiger partial charge is 0.497 e. The van der Waals surface area contributed by atoms with Crippen LogP contribution in [0.1, 0.15) is 28.9 Å². The third kappa shape index (κ3) is 3.73. The first-order valence-corrected chi connectivity index (χ1v) is 11.7. The molecule has 2 heterocycles. The summed E-state index contributed by atoms with van der Waals surface area (Å²) in [5.41, 5.74) is 2.03. The lowest BCUT2D eigenvalue weighted by Crippen LogP contribution is -2.41. The minimum Gasteiger partial charge on any atom is -0.497 e. The Hall–Kier alpha value is -2.98. The van der Waals surface area contributed by atoms with Gasteiger partial charge in [0.2, 0.25) is 10.0 Å². The summed E-state index contributed by atoms with van der Waals surface area (Å²) in [5, 5.41) is 9.77. The van der Waals surface area contributed by atoms with Crippen molar-refractivity contribution in [1.82, 2.24) is 19.1 Å². The molecular formula is C20H19BrN6O4S. The Balaban J connectivity index is 1.81. The van der Waals surface area contributed by atoms with Gasteiger partial charge in [-0.3, -0.25) is 14.6 Å². The molecule has 12 heteroatoms. The highest BCUT2D eigenvalue weighted by Gasteiger charge is 2.54. The van der Waals surface area contributed by atoms with Crippen LogP contribution in [0.15, 0.2) is 52.1 Å². The maximum atomic E-state index is 13.7. The number of benzene rings is 1. The fourth-order valence-electron chi connectivity index (χ4n) is 3.43. The lowest BCUT2D eigenvalue weighted by atomic mass is 10.2. The molecule has 3 aromatic rings. The van der Waals surface area contributed by atoms with Crippen LogP contribution in [0.3, 0.4) is 0 Å². The Labute approximate surface area is 192 Å². The summed E-state index contributed by atoms with van der Waals surface area (Å²) >= 11 is 3.33. The number of nitrogen functional groups attached to an aromatic ring is 1. The summed E-state index contributed by atoms with van der Waals surface area (Å²) in [6, 6.07) is 10.6. The molecule has 0 spiro atoms. The molecular weight excluding hydrogens is 500 g/mol. The lowest BCUT2D eigenvalue weighted by molar-refractivity contribution is 0.0947. The molecule has 10 nitrogen and oxygen atoms in total. The van der Waals surface area contributed by atoms with E-state index in [0.717, 1.165) is 0 Å². The van der Waals surface area contributed by atoms with Crippen LogP contribution in [-0.2, 0) is 16.6 Å². The fraction of sp³-hybridized carbons (Fsp3) is 0.250. The van der Waals surface area contributed by atoms with Crippen molar-refractivity contribution in [3.05, 3.63) is 58.5 Å². The second-order valence-corrected chi connectivity index (χ2v) is 10.1. The van der Waals surface area contributed by atoms with Gasteiger partial charge in [0.05, 0.1) is 23.8 Å². The van der Waals surface area contributed by atoms with Gasteiger partial charge in [-0.25, -0.2) is 19.2 Å². The minimum absolute atomic E-state index is 0.00954. The maximum Gasteiger partial charge on any atom is 0.283 e. The van der Waals surface area contributed by atoms with Gasteiger partial charge in [0, 0.05) is 12.7 Å². The summed E-state index contributed by atoms with van der Waals surface area (Å²) in [6.45, 7) is 0.00954. The highest BCUT2D eigenvalue weighted by atomic mass is 79.9. The van der Waals surface area contributed by atoms with Crippen molar-refractivity contribution >= 4 is 37.5 Å². The smallest absolute Gasteiger partial charge is 0.283 e. The van der Waals surface area contributed by atoms with Gasteiger partial charge in [0.1, 0.15) is 21.9 Å². The lowest BCUT2D eigenvalue weighted by Gasteiger charge is -2.27. The first-order valence-electron chi connectivity index (χ1n) is 9.50. The topological polar surface area (TPSA) is 143 Å². The van der Waals surface area contributed by atoms with Crippen LogP contribution in [0, 0.1) is 11.3 Å². The predicted molar refractivity (Wildman–Crippen MR) is 118 cm³/mol. The van der Waals surface area contributed by atoms with Gasteiger partial charge in [0.15, 0.2) is 5.65 Å². The van der Waals surface area contributed by atoms with E-state index in [0.29, 0.717) is 34.3 Å². The molecule has 0 radical (unpaired) electrons. The molecule has 1 fully saturated rings. The number of ether oxygens (including phenoxy) is 1. The number of nitriles is 1. The standard InChI is InChI=1S/C20H19BrN6O4S/c1-31-14-4-2-13(3-5-14)10-27(20(12-22)6-7-20)32(29,30)15-8-16(21)18-24-9-17(19(28)25-23)26(18)11-15/h2-5,8-9,11H,6-7,10,23H2,1H3,(H,25,28). The van der Waals surface area contributed by atoms with E-state index in [-0.39, 0.29) is 17.1 Å². The normalized spacial score (nSPS) is 14.8. The molecule has 0 bridgehead atoms. The molecule has 1 aromatic carbocycles. The molecule has 0 saturated heterocycles. The number of carbonyl (C=O) groups is 1. The molecule has 32 heavy (non-hydrogen) atoms. The molecule has 166 valence electrons. The minimum atomic E-state index is -4.13. The van der Waals surface area contributed by atoms with E-state index < -0.39 is 21.5 Å². The molecule has 1 aliphatic rings. The van der Waals surface area contributed by atoms with Crippen molar-refractivity contribution in [1.29, 1.82) is 5.26 Å². The number of nitrogens with zero attached hydrogens (tertiary/aromatic N) is 4. The van der Waals surface area contributed by atoms with Crippen LogP contribution >= 0.6 is 15.9 Å². The first kappa shape index (κ1) is 22.2. The van der Waals surface area contributed by atoms with Gasteiger partial charge in [0.25, 0.3) is 5.91 Å². The van der Waals surface area contributed by atoms with Crippen molar-refractivity contribution in [3.63, 3.8) is 0 Å². The van der Waals surface area contributed by atoms with E-state index in [1.54, 1.807) is 31.4 Å². The van der Waals surface area contributed by atoms with E-state index >= 15 is 0 Å². The number of fused-ring (bicyclic) bond motifs is 1. The van der Waals surface area contributed by atoms with E-state index in [1.165, 1.54) is 27.2 Å². The number of hydrazine groups is 1. The number of carbonyl (C=O) groups excluding carboxylic acids is 1. The van der Waals surface area contributed by atoms with Gasteiger partial charge in [-0.05, 0) is 52.5 Å².